The van der Waals surface area contributed by atoms with Gasteiger partial charge in [0.25, 0.3) is 0 Å². The molecule has 3 aromatic rings. The number of benzene rings is 3. The monoisotopic (exact) mass is 432 g/mol. The first kappa shape index (κ1) is 21.0. The SMILES string of the molecule is O=C1CN(C(=O)N[C@H](Cc2ccccc2)C(=O)Nc2ccccc2F)c2ccccc2N1. The van der Waals surface area contributed by atoms with Gasteiger partial charge in [-0.05, 0) is 29.8 Å². The number of hydrogen-bond acceptors (Lipinski definition) is 3. The highest BCUT2D eigenvalue weighted by molar-refractivity contribution is 6.10. The Kier molecular flexibility index (Phi) is 6.12. The third kappa shape index (κ3) is 4.75. The number of urea groups is 1. The lowest BCUT2D eigenvalue weighted by molar-refractivity contribution is -0.118. The molecule has 3 N–H and O–H groups in total. The molecule has 0 saturated heterocycles. The Labute approximate surface area is 184 Å². The van der Waals surface area contributed by atoms with Crippen LogP contribution in [0, 0.1) is 5.82 Å². The molecule has 1 aliphatic rings. The van der Waals surface area contributed by atoms with E-state index in [4.69, 9.17) is 0 Å². The molecule has 0 radical (unpaired) electrons. The molecule has 32 heavy (non-hydrogen) atoms. The first-order valence-corrected chi connectivity index (χ1v) is 10.1. The number of carbonyl (C=O) groups excluding carboxylic acids is 3. The van der Waals surface area contributed by atoms with Gasteiger partial charge < -0.3 is 16.0 Å². The van der Waals surface area contributed by atoms with E-state index in [9.17, 15) is 18.8 Å². The predicted octanol–water partition coefficient (Wildman–Crippen LogP) is 3.54. The molecule has 3 aromatic carbocycles. The topological polar surface area (TPSA) is 90.5 Å². The Morgan fingerprint density at radius 1 is 0.969 bits per heavy atom. The molecule has 7 nitrogen and oxygen atoms in total. The highest BCUT2D eigenvalue weighted by Gasteiger charge is 2.30. The third-order valence-corrected chi connectivity index (χ3v) is 5.04. The van der Waals surface area contributed by atoms with E-state index in [0.717, 1.165) is 5.56 Å². The number of carbonyl (C=O) groups is 3. The summed E-state index contributed by atoms with van der Waals surface area (Å²) in [6, 6.07) is 20.3. The van der Waals surface area contributed by atoms with Crippen LogP contribution in [0.1, 0.15) is 5.56 Å². The van der Waals surface area contributed by atoms with Gasteiger partial charge in [0, 0.05) is 6.42 Å². The smallest absolute Gasteiger partial charge is 0.323 e. The lowest BCUT2D eigenvalue weighted by Crippen LogP contribution is -2.53. The molecule has 1 heterocycles. The molecule has 4 amide bonds. The molecule has 0 saturated carbocycles. The Balaban J connectivity index is 1.57. The van der Waals surface area contributed by atoms with Gasteiger partial charge in [0.2, 0.25) is 11.8 Å². The number of para-hydroxylation sites is 3. The van der Waals surface area contributed by atoms with Crippen LogP contribution in [0.15, 0.2) is 78.9 Å². The fraction of sp³-hybridized carbons (Fsp3) is 0.125. The van der Waals surface area contributed by atoms with E-state index in [2.05, 4.69) is 16.0 Å². The second-order valence-electron chi connectivity index (χ2n) is 7.31. The van der Waals surface area contributed by atoms with E-state index >= 15 is 0 Å². The van der Waals surface area contributed by atoms with Crippen molar-refractivity contribution >= 4 is 34.9 Å². The zero-order valence-electron chi connectivity index (χ0n) is 17.0. The van der Waals surface area contributed by atoms with Crippen LogP contribution in [-0.4, -0.2) is 30.4 Å². The molecule has 0 aromatic heterocycles. The lowest BCUT2D eigenvalue weighted by Gasteiger charge is -2.30. The number of halogens is 1. The highest BCUT2D eigenvalue weighted by atomic mass is 19.1. The summed E-state index contributed by atoms with van der Waals surface area (Å²) >= 11 is 0. The van der Waals surface area contributed by atoms with Gasteiger partial charge in [-0.3, -0.25) is 14.5 Å². The lowest BCUT2D eigenvalue weighted by atomic mass is 10.1. The van der Waals surface area contributed by atoms with Gasteiger partial charge in [-0.15, -0.1) is 0 Å². The summed E-state index contributed by atoms with van der Waals surface area (Å²) in [5.41, 5.74) is 1.87. The van der Waals surface area contributed by atoms with Crippen LogP contribution < -0.4 is 20.9 Å². The molecule has 1 aliphatic heterocycles. The predicted molar refractivity (Wildman–Crippen MR) is 120 cm³/mol. The van der Waals surface area contributed by atoms with E-state index in [1.807, 2.05) is 30.3 Å². The number of nitrogens with zero attached hydrogens (tertiary/aromatic N) is 1. The molecule has 0 fully saturated rings. The summed E-state index contributed by atoms with van der Waals surface area (Å²) in [5, 5.41) is 7.97. The third-order valence-electron chi connectivity index (χ3n) is 5.04. The van der Waals surface area contributed by atoms with Crippen molar-refractivity contribution in [1.82, 2.24) is 5.32 Å². The molecule has 0 spiro atoms. The molecule has 0 unspecified atom stereocenters. The maximum atomic E-state index is 14.0. The van der Waals surface area contributed by atoms with Gasteiger partial charge in [-0.2, -0.15) is 0 Å². The van der Waals surface area contributed by atoms with Crippen LogP contribution >= 0.6 is 0 Å². The van der Waals surface area contributed by atoms with Crippen molar-refractivity contribution in [3.05, 3.63) is 90.2 Å². The van der Waals surface area contributed by atoms with Gasteiger partial charge in [0.15, 0.2) is 0 Å². The van der Waals surface area contributed by atoms with E-state index < -0.39 is 23.8 Å². The average molecular weight is 432 g/mol. The van der Waals surface area contributed by atoms with Gasteiger partial charge in [-0.1, -0.05) is 54.6 Å². The van der Waals surface area contributed by atoms with Gasteiger partial charge >= 0.3 is 6.03 Å². The van der Waals surface area contributed by atoms with Crippen LogP contribution in [0.2, 0.25) is 0 Å². The molecular weight excluding hydrogens is 411 g/mol. The van der Waals surface area contributed by atoms with Crippen LogP contribution in [0.25, 0.3) is 0 Å². The van der Waals surface area contributed by atoms with Crippen LogP contribution in [0.3, 0.4) is 0 Å². The minimum absolute atomic E-state index is 0.0208. The van der Waals surface area contributed by atoms with Gasteiger partial charge in [0.1, 0.15) is 18.4 Å². The number of hydrogen-bond donors (Lipinski definition) is 3. The van der Waals surface area contributed by atoms with Crippen molar-refractivity contribution < 1.29 is 18.8 Å². The highest BCUT2D eigenvalue weighted by Crippen LogP contribution is 2.29. The Hall–Kier alpha value is -4.20. The summed E-state index contributed by atoms with van der Waals surface area (Å²) in [6.45, 7) is -0.185. The van der Waals surface area contributed by atoms with Crippen molar-refractivity contribution in [1.29, 1.82) is 0 Å². The maximum Gasteiger partial charge on any atom is 0.323 e. The van der Waals surface area contributed by atoms with Crippen molar-refractivity contribution in [3.8, 4) is 0 Å². The summed E-state index contributed by atoms with van der Waals surface area (Å²) in [4.78, 5) is 39.5. The largest absolute Gasteiger partial charge is 0.326 e. The van der Waals surface area contributed by atoms with Crippen molar-refractivity contribution in [2.75, 3.05) is 22.1 Å². The number of anilines is 3. The van der Waals surface area contributed by atoms with Crippen LogP contribution in [-0.2, 0) is 16.0 Å². The van der Waals surface area contributed by atoms with Crippen molar-refractivity contribution in [2.45, 2.75) is 12.5 Å². The fourth-order valence-corrected chi connectivity index (χ4v) is 3.48. The molecule has 1 atom stereocenters. The minimum atomic E-state index is -0.998. The van der Waals surface area contributed by atoms with Crippen LogP contribution in [0.4, 0.5) is 26.2 Å². The zero-order chi connectivity index (χ0) is 22.5. The van der Waals surface area contributed by atoms with E-state index in [0.29, 0.717) is 11.4 Å². The summed E-state index contributed by atoms with van der Waals surface area (Å²) in [7, 11) is 0. The Morgan fingerprint density at radius 2 is 1.66 bits per heavy atom. The number of fused-ring (bicyclic) bond motifs is 1. The molecule has 8 heteroatoms. The fourth-order valence-electron chi connectivity index (χ4n) is 3.48. The first-order chi connectivity index (χ1) is 15.5. The zero-order valence-corrected chi connectivity index (χ0v) is 17.0. The molecule has 162 valence electrons. The summed E-state index contributed by atoms with van der Waals surface area (Å²) in [6.07, 6.45) is 0.189. The normalized spacial score (nSPS) is 13.5. The standard InChI is InChI=1S/C24H21FN4O3/c25-17-10-4-5-11-18(17)27-23(31)20(14-16-8-2-1-3-9-16)28-24(32)29-15-22(30)26-19-12-6-7-13-21(19)29/h1-13,20H,14-15H2,(H,26,30)(H,27,31)(H,28,32)/t20-/m1/s1. The number of nitrogens with one attached hydrogen (secondary N) is 3. The summed E-state index contributed by atoms with van der Waals surface area (Å²) < 4.78 is 14.0. The molecule has 0 bridgehead atoms. The van der Waals surface area contributed by atoms with Gasteiger partial charge in [-0.25, -0.2) is 9.18 Å². The number of rotatable bonds is 5. The second-order valence-corrected chi connectivity index (χ2v) is 7.31. The molecular formula is C24H21FN4O3. The quantitative estimate of drug-likeness (QED) is 0.576. The Morgan fingerprint density at radius 3 is 2.44 bits per heavy atom. The second kappa shape index (κ2) is 9.30. The average Bonchev–Trinajstić information content (AvgIpc) is 2.80. The van der Waals surface area contributed by atoms with Crippen molar-refractivity contribution in [2.24, 2.45) is 0 Å². The minimum Gasteiger partial charge on any atom is -0.326 e. The van der Waals surface area contributed by atoms with Crippen LogP contribution in [0.5, 0.6) is 0 Å². The maximum absolute atomic E-state index is 14.0. The summed E-state index contributed by atoms with van der Waals surface area (Å²) in [5.74, 6) is -1.48. The van der Waals surface area contributed by atoms with E-state index in [1.54, 1.807) is 30.3 Å². The van der Waals surface area contributed by atoms with E-state index in [-0.39, 0.29) is 24.6 Å². The number of amides is 4. The Bertz CT molecular complexity index is 1150. The van der Waals surface area contributed by atoms with E-state index in [1.165, 1.54) is 23.1 Å². The molecule has 0 aliphatic carbocycles. The molecule has 4 rings (SSSR count). The van der Waals surface area contributed by atoms with Gasteiger partial charge in [0.05, 0.1) is 17.1 Å². The van der Waals surface area contributed by atoms with Crippen molar-refractivity contribution in [3.63, 3.8) is 0 Å². The first-order valence-electron chi connectivity index (χ1n) is 10.1.